The molecule has 0 radical (unpaired) electrons. The Morgan fingerprint density at radius 3 is 2.95 bits per heavy atom. The second kappa shape index (κ2) is 6.83. The van der Waals surface area contributed by atoms with Crippen LogP contribution in [0.3, 0.4) is 0 Å². The first-order valence-electron chi connectivity index (χ1n) is 6.51. The first-order chi connectivity index (χ1) is 9.46. The van der Waals surface area contributed by atoms with Gasteiger partial charge in [0, 0.05) is 24.9 Å². The lowest BCUT2D eigenvalue weighted by atomic mass is 10.3. The number of hydrogen-bond donors (Lipinski definition) is 1. The Hall–Kier alpha value is -0.0200. The van der Waals surface area contributed by atoms with E-state index in [1.54, 1.807) is 24.9 Å². The van der Waals surface area contributed by atoms with Crippen LogP contribution >= 0.6 is 27.7 Å². The van der Waals surface area contributed by atoms with E-state index in [1.807, 2.05) is 6.92 Å². The molecule has 8 heteroatoms. The molecule has 1 fully saturated rings. The number of rotatable bonds is 6. The Morgan fingerprint density at radius 1 is 1.60 bits per heavy atom. The summed E-state index contributed by atoms with van der Waals surface area (Å²) in [5, 5.41) is 3.11. The highest BCUT2D eigenvalue weighted by molar-refractivity contribution is 9.10. The first kappa shape index (κ1) is 16.4. The van der Waals surface area contributed by atoms with Crippen molar-refractivity contribution in [2.45, 2.75) is 30.8 Å². The highest BCUT2D eigenvalue weighted by atomic mass is 79.9. The maximum atomic E-state index is 12.6. The Morgan fingerprint density at radius 2 is 2.35 bits per heavy atom. The topological polar surface area (TPSA) is 62.6 Å². The third kappa shape index (κ3) is 3.41. The second-order valence-electron chi connectivity index (χ2n) is 4.67. The minimum Gasteiger partial charge on any atom is -0.452 e. The van der Waals surface area contributed by atoms with E-state index in [2.05, 4.69) is 21.2 Å². The summed E-state index contributed by atoms with van der Waals surface area (Å²) in [5.74, 6) is 2.49. The fraction of sp³-hybridized carbons (Fsp3) is 0.667. The molecular formula is C12H19BrN2O3S2. The summed E-state index contributed by atoms with van der Waals surface area (Å²) >= 11 is 5.01. The van der Waals surface area contributed by atoms with Crippen molar-refractivity contribution >= 4 is 37.7 Å². The zero-order chi connectivity index (χ0) is 14.8. The lowest BCUT2D eigenvalue weighted by Gasteiger charge is -2.22. The molecule has 1 aromatic heterocycles. The van der Waals surface area contributed by atoms with Crippen LogP contribution in [0.5, 0.6) is 0 Å². The molecule has 0 amide bonds. The molecule has 1 saturated heterocycles. The van der Waals surface area contributed by atoms with E-state index in [4.69, 9.17) is 4.42 Å². The number of nitrogens with zero attached hydrogens (tertiary/aromatic N) is 1. The fourth-order valence-corrected chi connectivity index (χ4v) is 5.77. The summed E-state index contributed by atoms with van der Waals surface area (Å²) in [4.78, 5) is 0.213. The van der Waals surface area contributed by atoms with Crippen molar-refractivity contribution in [1.29, 1.82) is 0 Å². The third-order valence-electron chi connectivity index (χ3n) is 3.33. The van der Waals surface area contributed by atoms with E-state index in [0.717, 1.165) is 24.5 Å². The molecule has 20 heavy (non-hydrogen) atoms. The summed E-state index contributed by atoms with van der Waals surface area (Å²) in [5.41, 5.74) is 0. The third-order valence-corrected chi connectivity index (χ3v) is 7.24. The van der Waals surface area contributed by atoms with Crippen molar-refractivity contribution in [3.63, 3.8) is 0 Å². The van der Waals surface area contributed by atoms with Crippen LogP contribution in [-0.2, 0) is 16.6 Å². The first-order valence-corrected chi connectivity index (χ1v) is 9.90. The van der Waals surface area contributed by atoms with Gasteiger partial charge in [0.15, 0.2) is 4.67 Å². The Labute approximate surface area is 132 Å². The molecular weight excluding hydrogens is 364 g/mol. The summed E-state index contributed by atoms with van der Waals surface area (Å²) in [6, 6.07) is 1.67. The summed E-state index contributed by atoms with van der Waals surface area (Å²) in [6.45, 7) is 3.31. The lowest BCUT2D eigenvalue weighted by molar-refractivity contribution is 0.393. The Bertz CT molecular complexity index is 553. The van der Waals surface area contributed by atoms with Gasteiger partial charge in [-0.25, -0.2) is 8.42 Å². The van der Waals surface area contributed by atoms with Crippen LogP contribution in [0.15, 0.2) is 20.0 Å². The van der Waals surface area contributed by atoms with Crippen molar-refractivity contribution in [1.82, 2.24) is 9.62 Å². The van der Waals surface area contributed by atoms with Crippen LogP contribution in [0.4, 0.5) is 0 Å². The maximum absolute atomic E-state index is 12.6. The van der Waals surface area contributed by atoms with Gasteiger partial charge in [0.25, 0.3) is 0 Å². The number of thioether (sulfide) groups is 1. The quantitative estimate of drug-likeness (QED) is 0.817. The molecule has 1 unspecified atom stereocenters. The van der Waals surface area contributed by atoms with Crippen LogP contribution < -0.4 is 5.32 Å². The van der Waals surface area contributed by atoms with Crippen molar-refractivity contribution in [3.8, 4) is 0 Å². The van der Waals surface area contributed by atoms with E-state index < -0.39 is 10.0 Å². The standard InChI is InChI=1S/C12H19BrN2O3S2/c1-3-14-7-10-6-11(12(13)18-10)20(16,17)15(2)9-4-5-19-8-9/h6,9,14H,3-5,7-8H2,1-2H3. The average Bonchev–Trinajstić information content (AvgIpc) is 3.04. The molecule has 0 aliphatic carbocycles. The Kier molecular flexibility index (Phi) is 5.58. The normalized spacial score (nSPS) is 19.9. The number of hydrogen-bond acceptors (Lipinski definition) is 5. The monoisotopic (exact) mass is 382 g/mol. The number of furan rings is 1. The second-order valence-corrected chi connectivity index (χ2v) is 8.51. The molecule has 5 nitrogen and oxygen atoms in total. The minimum atomic E-state index is -3.51. The SMILES string of the molecule is CCNCc1cc(S(=O)(=O)N(C)C2CCSC2)c(Br)o1. The molecule has 114 valence electrons. The van der Waals surface area contributed by atoms with Crippen LogP contribution in [0.2, 0.25) is 0 Å². The van der Waals surface area contributed by atoms with Gasteiger partial charge < -0.3 is 9.73 Å². The van der Waals surface area contributed by atoms with Crippen molar-refractivity contribution in [2.24, 2.45) is 0 Å². The maximum Gasteiger partial charge on any atom is 0.247 e. The molecule has 1 N–H and O–H groups in total. The molecule has 1 aliphatic heterocycles. The van der Waals surface area contributed by atoms with Crippen LogP contribution in [0, 0.1) is 0 Å². The zero-order valence-corrected chi connectivity index (χ0v) is 14.8. The van der Waals surface area contributed by atoms with E-state index in [1.165, 1.54) is 4.31 Å². The van der Waals surface area contributed by atoms with Gasteiger partial charge >= 0.3 is 0 Å². The summed E-state index contributed by atoms with van der Waals surface area (Å²) in [6.07, 6.45) is 0.903. The van der Waals surface area contributed by atoms with E-state index in [-0.39, 0.29) is 15.6 Å². The van der Waals surface area contributed by atoms with Gasteiger partial charge in [-0.2, -0.15) is 16.1 Å². The van der Waals surface area contributed by atoms with Gasteiger partial charge in [-0.1, -0.05) is 6.92 Å². The molecule has 0 saturated carbocycles. The number of halogens is 1. The average molecular weight is 383 g/mol. The van der Waals surface area contributed by atoms with Crippen LogP contribution in [0.25, 0.3) is 0 Å². The summed E-state index contributed by atoms with van der Waals surface area (Å²) < 4.78 is 32.5. The molecule has 2 rings (SSSR count). The molecule has 0 aromatic carbocycles. The van der Waals surface area contributed by atoms with E-state index >= 15 is 0 Å². The van der Waals surface area contributed by atoms with Crippen LogP contribution in [0.1, 0.15) is 19.1 Å². The highest BCUT2D eigenvalue weighted by Crippen LogP contribution is 2.31. The van der Waals surface area contributed by atoms with Gasteiger partial charge in [-0.05, 0) is 34.6 Å². The van der Waals surface area contributed by atoms with Gasteiger partial charge in [-0.3, -0.25) is 0 Å². The largest absolute Gasteiger partial charge is 0.452 e. The van der Waals surface area contributed by atoms with Crippen LogP contribution in [-0.4, -0.2) is 43.9 Å². The fourth-order valence-electron chi connectivity index (χ4n) is 2.07. The van der Waals surface area contributed by atoms with Crippen molar-refractivity contribution in [3.05, 3.63) is 16.5 Å². The van der Waals surface area contributed by atoms with E-state index in [0.29, 0.717) is 12.3 Å². The molecule has 1 aromatic rings. The molecule has 2 heterocycles. The molecule has 0 bridgehead atoms. The molecule has 1 aliphatic rings. The smallest absolute Gasteiger partial charge is 0.247 e. The molecule has 0 spiro atoms. The Balaban J connectivity index is 2.22. The predicted octanol–water partition coefficient (Wildman–Crippen LogP) is 2.28. The van der Waals surface area contributed by atoms with Gasteiger partial charge in [-0.15, -0.1) is 0 Å². The lowest BCUT2D eigenvalue weighted by Crippen LogP contribution is -2.36. The zero-order valence-electron chi connectivity index (χ0n) is 11.6. The number of sulfonamides is 1. The van der Waals surface area contributed by atoms with Gasteiger partial charge in [0.2, 0.25) is 10.0 Å². The summed E-state index contributed by atoms with van der Waals surface area (Å²) in [7, 11) is -1.86. The van der Waals surface area contributed by atoms with Crippen molar-refractivity contribution in [2.75, 3.05) is 25.1 Å². The van der Waals surface area contributed by atoms with E-state index in [9.17, 15) is 8.42 Å². The molecule has 1 atom stereocenters. The van der Waals surface area contributed by atoms with Gasteiger partial charge in [0.05, 0.1) is 6.54 Å². The van der Waals surface area contributed by atoms with Gasteiger partial charge in [0.1, 0.15) is 10.7 Å². The van der Waals surface area contributed by atoms with Crippen molar-refractivity contribution < 1.29 is 12.8 Å². The number of nitrogens with one attached hydrogen (secondary N) is 1. The predicted molar refractivity (Wildman–Crippen MR) is 84.5 cm³/mol. The highest BCUT2D eigenvalue weighted by Gasteiger charge is 2.33. The minimum absolute atomic E-state index is 0.0732.